The zero-order valence-corrected chi connectivity index (χ0v) is 19.4. The molecule has 0 aliphatic rings. The number of fused-ring (bicyclic) bond motifs is 1. The van der Waals surface area contributed by atoms with E-state index in [9.17, 15) is 9.59 Å². The number of carbonyl (C=O) groups is 1. The van der Waals surface area contributed by atoms with Gasteiger partial charge in [-0.2, -0.15) is 9.78 Å². The predicted molar refractivity (Wildman–Crippen MR) is 128 cm³/mol. The summed E-state index contributed by atoms with van der Waals surface area (Å²) in [5, 5.41) is 4.92. The second-order valence-corrected chi connectivity index (χ2v) is 8.30. The van der Waals surface area contributed by atoms with E-state index < -0.39 is 5.97 Å². The van der Waals surface area contributed by atoms with E-state index in [1.54, 1.807) is 36.5 Å². The lowest BCUT2D eigenvalue weighted by atomic mass is 10.2. The number of benzene rings is 3. The fourth-order valence-corrected chi connectivity index (χ4v) is 4.41. The van der Waals surface area contributed by atoms with Crippen molar-refractivity contribution >= 4 is 54.9 Å². The van der Waals surface area contributed by atoms with Gasteiger partial charge in [-0.3, -0.25) is 9.59 Å². The first-order chi connectivity index (χ1) is 14.9. The van der Waals surface area contributed by atoms with Crippen LogP contribution in [0.5, 0.6) is 5.75 Å². The second kappa shape index (κ2) is 8.95. The lowest BCUT2D eigenvalue weighted by Gasteiger charge is -2.10. The van der Waals surface area contributed by atoms with Gasteiger partial charge in [0.2, 0.25) is 0 Å². The van der Waals surface area contributed by atoms with Gasteiger partial charge in [0, 0.05) is 12.5 Å². The number of nitrogens with zero attached hydrogens (tertiary/aromatic N) is 3. The van der Waals surface area contributed by atoms with Crippen LogP contribution in [0.1, 0.15) is 12.5 Å². The SMILES string of the molecule is CC(=O)Oc1c(Br)cc(C=Nn2c(-c3ccccc3)nc3ccccc3c2=O)cc1Br. The van der Waals surface area contributed by atoms with Gasteiger partial charge in [-0.15, -0.1) is 0 Å². The van der Waals surface area contributed by atoms with E-state index in [1.165, 1.54) is 11.6 Å². The highest BCUT2D eigenvalue weighted by molar-refractivity contribution is 9.11. The van der Waals surface area contributed by atoms with Crippen molar-refractivity contribution in [3.8, 4) is 17.1 Å². The molecule has 0 spiro atoms. The quantitative estimate of drug-likeness (QED) is 0.197. The molecule has 0 aliphatic carbocycles. The Morgan fingerprint density at radius 3 is 2.35 bits per heavy atom. The van der Waals surface area contributed by atoms with Gasteiger partial charge in [-0.05, 0) is 61.7 Å². The zero-order chi connectivity index (χ0) is 22.0. The molecule has 0 amide bonds. The third kappa shape index (κ3) is 4.50. The number of aromatic nitrogens is 2. The van der Waals surface area contributed by atoms with Crippen LogP contribution in [0.15, 0.2) is 85.6 Å². The monoisotopic (exact) mass is 539 g/mol. The largest absolute Gasteiger partial charge is 0.424 e. The van der Waals surface area contributed by atoms with Crippen molar-refractivity contribution in [3.63, 3.8) is 0 Å². The van der Waals surface area contributed by atoms with Gasteiger partial charge in [-0.25, -0.2) is 4.98 Å². The number of hydrogen-bond donors (Lipinski definition) is 0. The average Bonchev–Trinajstić information content (AvgIpc) is 2.76. The van der Waals surface area contributed by atoms with Crippen LogP contribution in [0, 0.1) is 0 Å². The predicted octanol–water partition coefficient (Wildman–Crippen LogP) is 5.40. The zero-order valence-electron chi connectivity index (χ0n) is 16.3. The topological polar surface area (TPSA) is 73.5 Å². The first-order valence-corrected chi connectivity index (χ1v) is 10.8. The molecule has 0 fully saturated rings. The summed E-state index contributed by atoms with van der Waals surface area (Å²) in [5.74, 6) is 0.387. The summed E-state index contributed by atoms with van der Waals surface area (Å²) < 4.78 is 7.64. The van der Waals surface area contributed by atoms with Gasteiger partial charge < -0.3 is 4.74 Å². The Hall–Kier alpha value is -3.10. The summed E-state index contributed by atoms with van der Waals surface area (Å²) in [6.45, 7) is 1.33. The number of carbonyl (C=O) groups excluding carboxylic acids is 1. The maximum Gasteiger partial charge on any atom is 0.308 e. The fraction of sp³-hybridized carbons (Fsp3) is 0.0435. The van der Waals surface area contributed by atoms with Crippen molar-refractivity contribution in [2.75, 3.05) is 0 Å². The van der Waals surface area contributed by atoms with E-state index in [1.807, 2.05) is 36.4 Å². The van der Waals surface area contributed by atoms with Crippen LogP contribution < -0.4 is 10.3 Å². The van der Waals surface area contributed by atoms with Crippen molar-refractivity contribution in [2.24, 2.45) is 5.10 Å². The van der Waals surface area contributed by atoms with Gasteiger partial charge >= 0.3 is 5.97 Å². The minimum Gasteiger partial charge on any atom is -0.424 e. The minimum absolute atomic E-state index is 0.268. The normalized spacial score (nSPS) is 11.2. The number of esters is 1. The molecule has 4 aromatic rings. The first kappa shape index (κ1) is 21.1. The Morgan fingerprint density at radius 1 is 1.03 bits per heavy atom. The van der Waals surface area contributed by atoms with Gasteiger partial charge in [0.25, 0.3) is 5.56 Å². The Labute approximate surface area is 194 Å². The van der Waals surface area contributed by atoms with Crippen molar-refractivity contribution in [3.05, 3.63) is 91.6 Å². The van der Waals surface area contributed by atoms with Crippen LogP contribution in [0.4, 0.5) is 0 Å². The number of rotatable bonds is 4. The van der Waals surface area contributed by atoms with E-state index in [0.717, 1.165) is 5.56 Å². The van der Waals surface area contributed by atoms with Gasteiger partial charge in [0.05, 0.1) is 26.1 Å². The molecule has 0 bridgehead atoms. The van der Waals surface area contributed by atoms with Crippen molar-refractivity contribution < 1.29 is 9.53 Å². The Bertz CT molecular complexity index is 1360. The first-order valence-electron chi connectivity index (χ1n) is 9.23. The molecule has 0 unspecified atom stereocenters. The average molecular weight is 541 g/mol. The van der Waals surface area contributed by atoms with Crippen LogP contribution in [0.3, 0.4) is 0 Å². The molecular formula is C23H15Br2N3O3. The summed E-state index contributed by atoms with van der Waals surface area (Å²) in [5.41, 5.74) is 1.80. The molecule has 0 radical (unpaired) electrons. The highest BCUT2D eigenvalue weighted by Crippen LogP contribution is 2.34. The molecule has 6 nitrogen and oxygen atoms in total. The van der Waals surface area contributed by atoms with E-state index in [-0.39, 0.29) is 5.56 Å². The van der Waals surface area contributed by atoms with Crippen LogP contribution in [0.25, 0.3) is 22.3 Å². The number of ether oxygens (including phenoxy) is 1. The number of hydrogen-bond acceptors (Lipinski definition) is 5. The number of para-hydroxylation sites is 1. The standard InChI is InChI=1S/C23H15Br2N3O3/c1-14(29)31-21-18(24)11-15(12-19(21)25)13-26-28-22(16-7-3-2-4-8-16)27-20-10-6-5-9-17(20)23(28)30/h2-13H,1H3. The number of halogens is 2. The van der Waals surface area contributed by atoms with Crippen LogP contribution in [0.2, 0.25) is 0 Å². The Morgan fingerprint density at radius 2 is 1.68 bits per heavy atom. The molecule has 0 atom stereocenters. The third-order valence-electron chi connectivity index (χ3n) is 4.37. The lowest BCUT2D eigenvalue weighted by molar-refractivity contribution is -0.131. The summed E-state index contributed by atoms with van der Waals surface area (Å²) in [4.78, 5) is 29.2. The maximum atomic E-state index is 13.2. The summed E-state index contributed by atoms with van der Waals surface area (Å²) >= 11 is 6.80. The molecular weight excluding hydrogens is 526 g/mol. The molecule has 8 heteroatoms. The molecule has 154 valence electrons. The third-order valence-corrected chi connectivity index (χ3v) is 5.55. The molecule has 0 saturated carbocycles. The molecule has 3 aromatic carbocycles. The summed E-state index contributed by atoms with van der Waals surface area (Å²) in [6, 6.07) is 20.1. The maximum absolute atomic E-state index is 13.2. The molecule has 31 heavy (non-hydrogen) atoms. The molecule has 1 aromatic heterocycles. The van der Waals surface area contributed by atoms with Crippen molar-refractivity contribution in [1.29, 1.82) is 0 Å². The lowest BCUT2D eigenvalue weighted by Crippen LogP contribution is -2.20. The highest BCUT2D eigenvalue weighted by Gasteiger charge is 2.13. The fourth-order valence-electron chi connectivity index (χ4n) is 3.02. The molecule has 0 N–H and O–H groups in total. The van der Waals surface area contributed by atoms with Crippen LogP contribution in [-0.2, 0) is 4.79 Å². The molecule has 4 rings (SSSR count). The molecule has 1 heterocycles. The van der Waals surface area contributed by atoms with Crippen molar-refractivity contribution in [2.45, 2.75) is 6.92 Å². The molecule has 0 aliphatic heterocycles. The molecule has 0 saturated heterocycles. The Kier molecular flexibility index (Phi) is 6.11. The van der Waals surface area contributed by atoms with E-state index in [4.69, 9.17) is 4.74 Å². The van der Waals surface area contributed by atoms with Gasteiger partial charge in [0.15, 0.2) is 11.6 Å². The van der Waals surface area contributed by atoms with E-state index >= 15 is 0 Å². The van der Waals surface area contributed by atoms with Crippen molar-refractivity contribution in [1.82, 2.24) is 9.66 Å². The van der Waals surface area contributed by atoms with Gasteiger partial charge in [0.1, 0.15) is 0 Å². The second-order valence-electron chi connectivity index (χ2n) is 6.59. The highest BCUT2D eigenvalue weighted by atomic mass is 79.9. The Balaban J connectivity index is 1.85. The van der Waals surface area contributed by atoms with E-state index in [0.29, 0.717) is 37.0 Å². The van der Waals surface area contributed by atoms with Gasteiger partial charge in [-0.1, -0.05) is 42.5 Å². The van der Waals surface area contributed by atoms with Crippen LogP contribution >= 0.6 is 31.9 Å². The van der Waals surface area contributed by atoms with E-state index in [2.05, 4.69) is 41.9 Å². The minimum atomic E-state index is -0.427. The summed E-state index contributed by atoms with van der Waals surface area (Å²) in [6.07, 6.45) is 1.55. The summed E-state index contributed by atoms with van der Waals surface area (Å²) in [7, 11) is 0. The van der Waals surface area contributed by atoms with Crippen LogP contribution in [-0.4, -0.2) is 21.8 Å². The smallest absolute Gasteiger partial charge is 0.308 e.